The van der Waals surface area contributed by atoms with Gasteiger partial charge < -0.3 is 9.64 Å². The van der Waals surface area contributed by atoms with Crippen molar-refractivity contribution in [2.45, 2.75) is 44.3 Å². The molecule has 1 amide bonds. The van der Waals surface area contributed by atoms with E-state index in [1.165, 1.54) is 35.7 Å². The van der Waals surface area contributed by atoms with E-state index in [-0.39, 0.29) is 23.9 Å². The molecule has 1 aromatic carbocycles. The van der Waals surface area contributed by atoms with Gasteiger partial charge in [-0.3, -0.25) is 9.89 Å². The number of aromatic nitrogens is 3. The van der Waals surface area contributed by atoms with E-state index in [9.17, 15) is 18.0 Å². The van der Waals surface area contributed by atoms with Crippen LogP contribution in [0.15, 0.2) is 52.7 Å². The van der Waals surface area contributed by atoms with Crippen LogP contribution in [0.4, 0.5) is 18.0 Å². The van der Waals surface area contributed by atoms with Crippen molar-refractivity contribution in [3.63, 3.8) is 0 Å². The number of thiazole rings is 1. The third kappa shape index (κ3) is 5.33. The number of fused-ring (bicyclic) bond motifs is 1. The van der Waals surface area contributed by atoms with Gasteiger partial charge in [0.05, 0.1) is 12.2 Å². The van der Waals surface area contributed by atoms with Crippen LogP contribution < -0.4 is 0 Å². The number of halogens is 4. The highest BCUT2D eigenvalue weighted by atomic mass is 35.5. The zero-order valence-electron chi connectivity index (χ0n) is 22.2. The average molecular weight is 621 g/mol. The molecule has 0 bridgehead atoms. The summed E-state index contributed by atoms with van der Waals surface area (Å²) >= 11 is 7.93. The maximum Gasteiger partial charge on any atom is 0.410 e. The van der Waals surface area contributed by atoms with Crippen LogP contribution in [-0.2, 0) is 14.3 Å². The van der Waals surface area contributed by atoms with Gasteiger partial charge in [0.2, 0.25) is 0 Å². The van der Waals surface area contributed by atoms with Gasteiger partial charge in [-0.2, -0.15) is 23.5 Å². The molecule has 6 rings (SSSR count). The molecule has 3 aliphatic heterocycles. The molecule has 2 atom stereocenters. The van der Waals surface area contributed by atoms with Crippen molar-refractivity contribution in [1.29, 1.82) is 0 Å². The average Bonchev–Trinajstić information content (AvgIpc) is 3.76. The summed E-state index contributed by atoms with van der Waals surface area (Å²) in [7, 11) is 0. The van der Waals surface area contributed by atoms with Gasteiger partial charge in [-0.15, -0.1) is 11.3 Å². The number of amides is 1. The molecule has 0 radical (unpaired) electrons. The Morgan fingerprint density at radius 3 is 2.71 bits per heavy atom. The zero-order valence-corrected chi connectivity index (χ0v) is 23.7. The first-order chi connectivity index (χ1) is 20.2. The molecule has 15 heteroatoms. The van der Waals surface area contributed by atoms with Crippen molar-refractivity contribution in [3.05, 3.63) is 74.8 Å². The number of hydrogen-bond acceptors (Lipinski definition) is 9. The number of rotatable bonds is 7. The Kier molecular flexibility index (Phi) is 8.48. The van der Waals surface area contributed by atoms with Crippen LogP contribution in [0.3, 0.4) is 0 Å². The molecule has 3 aliphatic rings. The molecular weight excluding hydrogens is 597 g/mol. The number of alkyl halides is 2. The van der Waals surface area contributed by atoms with E-state index in [1.54, 1.807) is 17.2 Å². The van der Waals surface area contributed by atoms with Crippen molar-refractivity contribution in [2.24, 2.45) is 4.99 Å². The number of carbonyl (C=O) groups is 1. The Labute approximate surface area is 247 Å². The summed E-state index contributed by atoms with van der Waals surface area (Å²) in [6, 6.07) is 4.77. The van der Waals surface area contributed by atoms with Crippen LogP contribution in [0.1, 0.15) is 55.0 Å². The molecule has 10 nitrogen and oxygen atoms in total. The fourth-order valence-corrected chi connectivity index (χ4v) is 6.42. The number of cyclic esters (lactones) is 1. The van der Waals surface area contributed by atoms with Crippen LogP contribution in [-0.4, -0.2) is 67.9 Å². The summed E-state index contributed by atoms with van der Waals surface area (Å²) in [4.78, 5) is 42.4. The van der Waals surface area contributed by atoms with Gasteiger partial charge in [0.25, 0.3) is 0 Å². The number of ether oxygens (including phenoxy) is 1. The highest BCUT2D eigenvalue weighted by molar-refractivity contribution is 7.11. The lowest BCUT2D eigenvalue weighted by Gasteiger charge is -2.33. The van der Waals surface area contributed by atoms with E-state index in [2.05, 4.69) is 17.0 Å². The molecule has 0 unspecified atom stereocenters. The number of hydrogen-bond donors (Lipinski definition) is 0. The monoisotopic (exact) mass is 620 g/mol. The standard InChI is InChI=1S/C26H24ClF3N6O2S.CO2/c1-2-3-8-35-25(37)38-14-26(35)12-19-20(18-6-9-36(33-18)24(29)30)21(16-5-4-15(28)11-17(16)27)32-22(34(19)13-26)23-31-7-10-39-23;2-1-3/h4-7,9-11,21,24H,2-3,8,12-14H2,1H3;/t21-,26+;/m0./s1. The zero-order chi connectivity index (χ0) is 30.0. The highest BCUT2D eigenvalue weighted by Gasteiger charge is 2.56. The molecule has 2 fully saturated rings. The molecule has 0 N–H and O–H groups in total. The molecular formula is C27H24ClF3N6O4S. The molecule has 0 saturated carbocycles. The Morgan fingerprint density at radius 1 is 1.29 bits per heavy atom. The van der Waals surface area contributed by atoms with Crippen LogP contribution in [0, 0.1) is 5.82 Å². The second-order valence-electron chi connectivity index (χ2n) is 9.81. The smallest absolute Gasteiger partial charge is 0.410 e. The van der Waals surface area contributed by atoms with Gasteiger partial charge in [0, 0.05) is 52.6 Å². The van der Waals surface area contributed by atoms with Crippen molar-refractivity contribution >= 4 is 46.6 Å². The van der Waals surface area contributed by atoms with Crippen molar-refractivity contribution in [1.82, 2.24) is 24.6 Å². The summed E-state index contributed by atoms with van der Waals surface area (Å²) in [6.07, 6.45) is 4.86. The second kappa shape index (κ2) is 12.1. The Hall–Kier alpha value is -4.00. The van der Waals surface area contributed by atoms with Gasteiger partial charge in [-0.05, 0) is 24.6 Å². The normalized spacial score (nSPS) is 21.3. The molecule has 2 aromatic heterocycles. The maximum absolute atomic E-state index is 14.0. The highest BCUT2D eigenvalue weighted by Crippen LogP contribution is 2.50. The molecule has 220 valence electrons. The Morgan fingerprint density at radius 2 is 2.07 bits per heavy atom. The summed E-state index contributed by atoms with van der Waals surface area (Å²) < 4.78 is 47.3. The lowest BCUT2D eigenvalue weighted by atomic mass is 9.90. The molecule has 42 heavy (non-hydrogen) atoms. The van der Waals surface area contributed by atoms with E-state index in [4.69, 9.17) is 30.9 Å². The van der Waals surface area contributed by atoms with Crippen LogP contribution in [0.2, 0.25) is 5.02 Å². The molecule has 5 heterocycles. The van der Waals surface area contributed by atoms with Crippen LogP contribution in [0.25, 0.3) is 5.57 Å². The quantitative estimate of drug-likeness (QED) is 0.340. The number of nitrogens with zero attached hydrogens (tertiary/aromatic N) is 6. The number of aliphatic imine (C=N–C) groups is 1. The summed E-state index contributed by atoms with van der Waals surface area (Å²) in [5.41, 5.74) is 1.45. The van der Waals surface area contributed by atoms with E-state index in [1.807, 2.05) is 10.3 Å². The molecule has 2 saturated heterocycles. The van der Waals surface area contributed by atoms with Crippen LogP contribution >= 0.6 is 22.9 Å². The van der Waals surface area contributed by atoms with Crippen LogP contribution in [0.5, 0.6) is 0 Å². The predicted octanol–water partition coefficient (Wildman–Crippen LogP) is 5.55. The van der Waals surface area contributed by atoms with Gasteiger partial charge in [-0.25, -0.2) is 18.9 Å². The van der Waals surface area contributed by atoms with Gasteiger partial charge in [0.1, 0.15) is 24.0 Å². The number of carbonyl (C=O) groups excluding carboxylic acids is 3. The SMILES string of the molecule is CCCCN1C(=O)OC[C@]12CC1=C(c3ccn(C(F)F)n3)[C@H](c3ccc(F)cc3Cl)N=C(c3nccs3)N1C2.O=C=O. The van der Waals surface area contributed by atoms with Gasteiger partial charge >= 0.3 is 18.8 Å². The number of unbranched alkanes of at least 4 members (excludes halogenated alkanes) is 1. The molecule has 1 spiro atoms. The number of benzene rings is 1. The van der Waals surface area contributed by atoms with Crippen molar-refractivity contribution < 1.29 is 32.3 Å². The fourth-order valence-electron chi connectivity index (χ4n) is 5.51. The third-order valence-corrected chi connectivity index (χ3v) is 8.42. The molecule has 0 aliphatic carbocycles. The first-order valence-electron chi connectivity index (χ1n) is 12.9. The van der Waals surface area contributed by atoms with Crippen molar-refractivity contribution in [2.75, 3.05) is 19.7 Å². The topological polar surface area (TPSA) is 110 Å². The van der Waals surface area contributed by atoms with E-state index >= 15 is 0 Å². The first-order valence-corrected chi connectivity index (χ1v) is 14.2. The lowest BCUT2D eigenvalue weighted by Crippen LogP contribution is -2.50. The fraction of sp³-hybridized carbons (Fsp3) is 0.370. The van der Waals surface area contributed by atoms with Gasteiger partial charge in [0.15, 0.2) is 10.8 Å². The minimum atomic E-state index is -2.83. The third-order valence-electron chi connectivity index (χ3n) is 7.32. The van der Waals surface area contributed by atoms with E-state index < -0.39 is 23.9 Å². The number of amidine groups is 1. The summed E-state index contributed by atoms with van der Waals surface area (Å²) in [6.45, 7) is 0.325. The Bertz CT molecular complexity index is 1570. The minimum Gasteiger partial charge on any atom is -0.447 e. The van der Waals surface area contributed by atoms with Crippen molar-refractivity contribution in [3.8, 4) is 0 Å². The van der Waals surface area contributed by atoms with Gasteiger partial charge in [-0.1, -0.05) is 31.0 Å². The molecule has 3 aromatic rings. The maximum atomic E-state index is 14.0. The van der Waals surface area contributed by atoms with E-state index in [0.29, 0.717) is 51.9 Å². The summed E-state index contributed by atoms with van der Waals surface area (Å²) in [5.74, 6) is 0.0589. The summed E-state index contributed by atoms with van der Waals surface area (Å²) in [5, 5.41) is 6.81. The second-order valence-corrected chi connectivity index (χ2v) is 11.1. The lowest BCUT2D eigenvalue weighted by molar-refractivity contribution is -0.191. The Balaban J connectivity index is 0.00000113. The predicted molar refractivity (Wildman–Crippen MR) is 145 cm³/mol. The van der Waals surface area contributed by atoms with E-state index in [0.717, 1.165) is 18.5 Å². The minimum absolute atomic E-state index is 0.152. The first kappa shape index (κ1) is 29.5. The largest absolute Gasteiger partial charge is 0.447 e.